The lowest BCUT2D eigenvalue weighted by Crippen LogP contribution is -2.60. The lowest BCUT2D eigenvalue weighted by Gasteiger charge is -2.40. The Hall–Kier alpha value is -3.71. The normalized spacial score (nSPS) is 17.7. The number of hydrogen-bond acceptors (Lipinski definition) is 6. The van der Waals surface area contributed by atoms with Crippen LogP contribution in [-0.2, 0) is 22.1 Å². The largest absolute Gasteiger partial charge is 0.465 e. The first-order chi connectivity index (χ1) is 20.0. The van der Waals surface area contributed by atoms with Gasteiger partial charge in [-0.25, -0.2) is 14.4 Å². The second-order valence-corrected chi connectivity index (χ2v) is 18.2. The SMILES string of the molecule is CC(C)(NC(=O)O)C(=O)N1CCN(C(=O)Nc2ccn(-c3ccc4c(c3)CCC(O[Si](C)(C)C(C)(C)C)C4)c(=O)n2)CC1. The first kappa shape index (κ1) is 32.2. The van der Waals surface area contributed by atoms with Crippen molar-refractivity contribution in [1.29, 1.82) is 0 Å². The maximum absolute atomic E-state index is 12.9. The molecule has 1 aliphatic carbocycles. The summed E-state index contributed by atoms with van der Waals surface area (Å²) >= 11 is 0. The summed E-state index contributed by atoms with van der Waals surface area (Å²) in [5.41, 5.74) is 1.39. The third-order valence-corrected chi connectivity index (χ3v) is 13.3. The average molecular weight is 613 g/mol. The highest BCUT2D eigenvalue weighted by atomic mass is 28.4. The Bertz CT molecular complexity index is 1440. The molecule has 3 N–H and O–H groups in total. The van der Waals surface area contributed by atoms with Crippen LogP contribution in [-0.4, -0.2) is 88.6 Å². The molecule has 1 unspecified atom stereocenters. The number of aryl methyl sites for hydroxylation is 1. The van der Waals surface area contributed by atoms with Gasteiger partial charge in [0.15, 0.2) is 8.32 Å². The van der Waals surface area contributed by atoms with Crippen molar-refractivity contribution in [3.8, 4) is 5.69 Å². The molecule has 1 fully saturated rings. The number of hydrogen-bond donors (Lipinski definition) is 3. The Kier molecular flexibility index (Phi) is 9.07. The standard InChI is InChI=1S/C30H44N6O6Si/c1-29(2,3)43(6,7)42-23-11-9-20-18-22(10-8-21(20)19-23)36-13-12-24(32-27(36)39)31-26(38)35-16-14-34(15-17-35)25(37)30(4,5)33-28(40)41/h8,10,12-13,18,23,33H,9,11,14-17,19H2,1-7H3,(H,40,41)(H,31,32,38,39). The number of urea groups is 1. The van der Waals surface area contributed by atoms with Crippen LogP contribution < -0.4 is 16.3 Å². The van der Waals surface area contributed by atoms with Crippen molar-refractivity contribution in [3.63, 3.8) is 0 Å². The van der Waals surface area contributed by atoms with Gasteiger partial charge in [-0.2, -0.15) is 4.98 Å². The zero-order chi connectivity index (χ0) is 31.7. The van der Waals surface area contributed by atoms with Gasteiger partial charge in [0.2, 0.25) is 5.91 Å². The average Bonchev–Trinajstić information content (AvgIpc) is 2.91. The zero-order valence-electron chi connectivity index (χ0n) is 26.2. The van der Waals surface area contributed by atoms with E-state index in [1.54, 1.807) is 12.3 Å². The van der Waals surface area contributed by atoms with Crippen LogP contribution in [0.1, 0.15) is 52.2 Å². The summed E-state index contributed by atoms with van der Waals surface area (Å²) in [6, 6.07) is 7.18. The van der Waals surface area contributed by atoms with Crippen LogP contribution in [0.4, 0.5) is 15.4 Å². The number of carbonyl (C=O) groups is 3. The summed E-state index contributed by atoms with van der Waals surface area (Å²) in [4.78, 5) is 56.6. The maximum Gasteiger partial charge on any atom is 0.405 e. The Morgan fingerprint density at radius 1 is 1.00 bits per heavy atom. The molecule has 0 saturated carbocycles. The molecule has 43 heavy (non-hydrogen) atoms. The monoisotopic (exact) mass is 612 g/mol. The molecule has 0 radical (unpaired) electrons. The van der Waals surface area contributed by atoms with Crippen LogP contribution in [0.2, 0.25) is 18.1 Å². The van der Waals surface area contributed by atoms with Gasteiger partial charge in [-0.1, -0.05) is 26.8 Å². The van der Waals surface area contributed by atoms with Crippen LogP contribution in [0.5, 0.6) is 0 Å². The van der Waals surface area contributed by atoms with E-state index < -0.39 is 31.7 Å². The lowest BCUT2D eigenvalue weighted by atomic mass is 9.89. The molecule has 2 aliphatic rings. The number of aromatic nitrogens is 2. The van der Waals surface area contributed by atoms with Crippen molar-refractivity contribution in [2.45, 2.75) is 83.7 Å². The number of anilines is 1. The Balaban J connectivity index is 1.35. The molecule has 2 aromatic rings. The van der Waals surface area contributed by atoms with Crippen molar-refractivity contribution >= 4 is 32.2 Å². The van der Waals surface area contributed by atoms with Crippen LogP contribution in [0.3, 0.4) is 0 Å². The number of carboxylic acid groups (broad SMARTS) is 1. The highest BCUT2D eigenvalue weighted by Crippen LogP contribution is 2.39. The summed E-state index contributed by atoms with van der Waals surface area (Å²) in [5, 5.41) is 14.0. The molecular formula is C30H44N6O6Si. The number of nitrogens with zero attached hydrogens (tertiary/aromatic N) is 4. The van der Waals surface area contributed by atoms with Crippen LogP contribution in [0, 0.1) is 0 Å². The van der Waals surface area contributed by atoms with Gasteiger partial charge in [-0.05, 0) is 80.6 Å². The van der Waals surface area contributed by atoms with E-state index in [9.17, 15) is 19.2 Å². The van der Waals surface area contributed by atoms with E-state index in [0.717, 1.165) is 24.9 Å². The van der Waals surface area contributed by atoms with E-state index in [2.05, 4.69) is 55.5 Å². The van der Waals surface area contributed by atoms with Gasteiger partial charge >= 0.3 is 17.8 Å². The number of amides is 4. The van der Waals surface area contributed by atoms with Crippen molar-refractivity contribution < 1.29 is 23.9 Å². The molecule has 4 amide bonds. The highest BCUT2D eigenvalue weighted by Gasteiger charge is 2.40. The van der Waals surface area contributed by atoms with Gasteiger partial charge < -0.3 is 24.6 Å². The Labute approximate surface area is 253 Å². The van der Waals surface area contributed by atoms with E-state index in [4.69, 9.17) is 9.53 Å². The number of nitrogens with one attached hydrogen (secondary N) is 2. The second-order valence-electron chi connectivity index (χ2n) is 13.4. The molecule has 1 aromatic heterocycles. The molecule has 234 valence electrons. The molecule has 2 heterocycles. The topological polar surface area (TPSA) is 146 Å². The molecule has 1 atom stereocenters. The fourth-order valence-electron chi connectivity index (χ4n) is 5.24. The van der Waals surface area contributed by atoms with Crippen molar-refractivity contribution in [1.82, 2.24) is 24.7 Å². The predicted molar refractivity (Wildman–Crippen MR) is 166 cm³/mol. The van der Waals surface area contributed by atoms with Crippen molar-refractivity contribution in [3.05, 3.63) is 52.1 Å². The summed E-state index contributed by atoms with van der Waals surface area (Å²) in [5.74, 6) is -0.221. The molecule has 1 saturated heterocycles. The van der Waals surface area contributed by atoms with Crippen LogP contribution in [0.15, 0.2) is 35.3 Å². The quantitative estimate of drug-likeness (QED) is 0.420. The lowest BCUT2D eigenvalue weighted by molar-refractivity contribution is -0.138. The predicted octanol–water partition coefficient (Wildman–Crippen LogP) is 3.83. The number of piperazine rings is 1. The third-order valence-electron chi connectivity index (χ3n) is 8.77. The summed E-state index contributed by atoms with van der Waals surface area (Å²) in [7, 11) is -1.86. The molecule has 12 nitrogen and oxygen atoms in total. The molecule has 0 bridgehead atoms. The minimum Gasteiger partial charge on any atom is -0.465 e. The molecule has 4 rings (SSSR count). The third kappa shape index (κ3) is 7.45. The van der Waals surface area contributed by atoms with Crippen LogP contribution >= 0.6 is 0 Å². The van der Waals surface area contributed by atoms with E-state index in [0.29, 0.717) is 0 Å². The number of fused-ring (bicyclic) bond motifs is 1. The smallest absolute Gasteiger partial charge is 0.405 e. The fourth-order valence-corrected chi connectivity index (χ4v) is 6.63. The molecule has 1 aliphatic heterocycles. The summed E-state index contributed by atoms with van der Waals surface area (Å²) < 4.78 is 8.12. The molecule has 0 spiro atoms. The van der Waals surface area contributed by atoms with E-state index in [1.165, 1.54) is 39.3 Å². The first-order valence-corrected chi connectivity index (χ1v) is 17.6. The van der Waals surface area contributed by atoms with E-state index >= 15 is 0 Å². The Morgan fingerprint density at radius 2 is 1.65 bits per heavy atom. The van der Waals surface area contributed by atoms with Crippen LogP contribution in [0.25, 0.3) is 5.69 Å². The zero-order valence-corrected chi connectivity index (χ0v) is 27.2. The van der Waals surface area contributed by atoms with Gasteiger partial charge in [-0.15, -0.1) is 0 Å². The molecular weight excluding hydrogens is 568 g/mol. The van der Waals surface area contributed by atoms with E-state index in [-0.39, 0.29) is 49.0 Å². The maximum atomic E-state index is 12.9. The second kappa shape index (κ2) is 12.1. The van der Waals surface area contributed by atoms with Gasteiger partial charge in [0, 0.05) is 38.5 Å². The summed E-state index contributed by atoms with van der Waals surface area (Å²) in [6.07, 6.45) is 3.21. The summed E-state index contributed by atoms with van der Waals surface area (Å²) in [6.45, 7) is 15.4. The van der Waals surface area contributed by atoms with E-state index in [1.807, 2.05) is 12.1 Å². The van der Waals surface area contributed by atoms with Gasteiger partial charge in [-0.3, -0.25) is 14.7 Å². The van der Waals surface area contributed by atoms with Crippen molar-refractivity contribution in [2.24, 2.45) is 0 Å². The first-order valence-electron chi connectivity index (χ1n) is 14.7. The fraction of sp³-hybridized carbons (Fsp3) is 0.567. The minimum atomic E-state index is -1.86. The number of benzene rings is 1. The van der Waals surface area contributed by atoms with Gasteiger partial charge in [0.05, 0.1) is 5.69 Å². The molecule has 1 aromatic carbocycles. The number of rotatable bonds is 6. The molecule has 13 heteroatoms. The minimum absolute atomic E-state index is 0.139. The van der Waals surface area contributed by atoms with Gasteiger partial charge in [0.1, 0.15) is 11.4 Å². The van der Waals surface area contributed by atoms with Gasteiger partial charge in [0.25, 0.3) is 0 Å². The Morgan fingerprint density at radius 3 is 2.26 bits per heavy atom. The highest BCUT2D eigenvalue weighted by molar-refractivity contribution is 6.74. The number of carbonyl (C=O) groups excluding carboxylic acids is 2. The van der Waals surface area contributed by atoms with Crippen molar-refractivity contribution in [2.75, 3.05) is 31.5 Å².